The zero-order valence-electron chi connectivity index (χ0n) is 15.4. The number of hydrogen-bond donors (Lipinski definition) is 2. The first-order valence-corrected chi connectivity index (χ1v) is 8.59. The Hall–Kier alpha value is -2.67. The largest absolute Gasteiger partial charge is 0.493 e. The zero-order chi connectivity index (χ0) is 18.9. The molecule has 0 aliphatic heterocycles. The summed E-state index contributed by atoms with van der Waals surface area (Å²) in [6.45, 7) is 2.99. The van der Waals surface area contributed by atoms with Gasteiger partial charge < -0.3 is 29.6 Å². The van der Waals surface area contributed by atoms with Crippen LogP contribution in [0.5, 0.6) is 23.0 Å². The molecule has 0 amide bonds. The number of para-hydroxylation sites is 2. The van der Waals surface area contributed by atoms with Crippen molar-refractivity contribution in [3.63, 3.8) is 0 Å². The maximum atomic E-state index is 5.59. The highest BCUT2D eigenvalue weighted by Gasteiger charge is 2.16. The Kier molecular flexibility index (Phi) is 7.35. The Morgan fingerprint density at radius 3 is 2.31 bits per heavy atom. The average molecular weight is 376 g/mol. The van der Waals surface area contributed by atoms with E-state index in [1.807, 2.05) is 43.3 Å². The Morgan fingerprint density at radius 1 is 0.923 bits per heavy atom. The number of rotatable bonds is 8. The number of hydrogen-bond acceptors (Lipinski definition) is 5. The molecule has 6 nitrogen and oxygen atoms in total. The summed E-state index contributed by atoms with van der Waals surface area (Å²) in [6, 6.07) is 11.4. The molecule has 0 saturated carbocycles. The number of anilines is 1. The Balaban J connectivity index is 2.08. The van der Waals surface area contributed by atoms with Gasteiger partial charge in [0.15, 0.2) is 16.6 Å². The molecule has 2 N–H and O–H groups in total. The van der Waals surface area contributed by atoms with Crippen molar-refractivity contribution in [2.75, 3.05) is 33.3 Å². The van der Waals surface area contributed by atoms with Gasteiger partial charge in [0.2, 0.25) is 5.75 Å². The summed E-state index contributed by atoms with van der Waals surface area (Å²) in [5.74, 6) is 2.52. The number of nitrogens with one attached hydrogen (secondary N) is 2. The monoisotopic (exact) mass is 376 g/mol. The number of ether oxygens (including phenoxy) is 4. The Bertz CT molecular complexity index is 752. The summed E-state index contributed by atoms with van der Waals surface area (Å²) in [6.07, 6.45) is 0. The highest BCUT2D eigenvalue weighted by Crippen LogP contribution is 2.39. The van der Waals surface area contributed by atoms with E-state index in [2.05, 4.69) is 10.6 Å². The van der Waals surface area contributed by atoms with E-state index >= 15 is 0 Å². The van der Waals surface area contributed by atoms with Crippen molar-refractivity contribution >= 4 is 23.0 Å². The van der Waals surface area contributed by atoms with Crippen molar-refractivity contribution in [1.82, 2.24) is 5.32 Å². The number of thiocarbonyl (C=S) groups is 1. The van der Waals surface area contributed by atoms with Crippen LogP contribution in [0.2, 0.25) is 0 Å². The summed E-state index contributed by atoms with van der Waals surface area (Å²) < 4.78 is 21.8. The first-order valence-electron chi connectivity index (χ1n) is 8.19. The first-order chi connectivity index (χ1) is 12.6. The second-order valence-corrected chi connectivity index (χ2v) is 5.64. The minimum atomic E-state index is 0.464. The van der Waals surface area contributed by atoms with Gasteiger partial charge in [-0.05, 0) is 43.4 Å². The third kappa shape index (κ3) is 4.70. The Morgan fingerprint density at radius 2 is 1.65 bits per heavy atom. The molecule has 0 aromatic heterocycles. The smallest absolute Gasteiger partial charge is 0.203 e. The molecule has 0 fully saturated rings. The van der Waals surface area contributed by atoms with Gasteiger partial charge >= 0.3 is 0 Å². The molecule has 0 aliphatic carbocycles. The van der Waals surface area contributed by atoms with Crippen LogP contribution in [0.15, 0.2) is 36.4 Å². The maximum absolute atomic E-state index is 5.59. The normalized spacial score (nSPS) is 10.0. The molecule has 26 heavy (non-hydrogen) atoms. The predicted molar refractivity (Wildman–Crippen MR) is 107 cm³/mol. The lowest BCUT2D eigenvalue weighted by Crippen LogP contribution is -2.28. The van der Waals surface area contributed by atoms with Crippen LogP contribution in [0.3, 0.4) is 0 Å². The van der Waals surface area contributed by atoms with Crippen LogP contribution >= 0.6 is 12.2 Å². The van der Waals surface area contributed by atoms with Crippen LogP contribution in [0, 0.1) is 0 Å². The standard InChI is InChI=1S/C19H24N2O4S/c1-5-25-15-9-7-6-8-14(15)21-19(26)20-12-13-10-11-16(22-2)18(24-4)17(13)23-3/h6-11H,5,12H2,1-4H3,(H2,20,21,26). The quantitative estimate of drug-likeness (QED) is 0.683. The van der Waals surface area contributed by atoms with Gasteiger partial charge in [0.1, 0.15) is 5.75 Å². The van der Waals surface area contributed by atoms with Crippen molar-refractivity contribution in [2.24, 2.45) is 0 Å². The fourth-order valence-electron chi connectivity index (χ4n) is 2.50. The zero-order valence-corrected chi connectivity index (χ0v) is 16.2. The van der Waals surface area contributed by atoms with E-state index in [1.54, 1.807) is 21.3 Å². The Labute approximate surface area is 159 Å². The summed E-state index contributed by atoms with van der Waals surface area (Å²) in [4.78, 5) is 0. The van der Waals surface area contributed by atoms with Crippen molar-refractivity contribution in [3.05, 3.63) is 42.0 Å². The second-order valence-electron chi connectivity index (χ2n) is 5.23. The maximum Gasteiger partial charge on any atom is 0.203 e. The molecule has 0 radical (unpaired) electrons. The van der Waals surface area contributed by atoms with E-state index in [4.69, 9.17) is 31.2 Å². The van der Waals surface area contributed by atoms with Gasteiger partial charge in [-0.3, -0.25) is 0 Å². The summed E-state index contributed by atoms with van der Waals surface area (Å²) in [7, 11) is 4.76. The van der Waals surface area contributed by atoms with Crippen LogP contribution in [0.25, 0.3) is 0 Å². The van der Waals surface area contributed by atoms with E-state index in [9.17, 15) is 0 Å². The van der Waals surface area contributed by atoms with Gasteiger partial charge in [-0.15, -0.1) is 0 Å². The molecule has 0 bridgehead atoms. The van der Waals surface area contributed by atoms with Gasteiger partial charge in [0.05, 0.1) is 33.6 Å². The van der Waals surface area contributed by atoms with Crippen LogP contribution < -0.4 is 29.6 Å². The van der Waals surface area contributed by atoms with E-state index in [0.717, 1.165) is 17.0 Å². The van der Waals surface area contributed by atoms with Crippen molar-refractivity contribution in [2.45, 2.75) is 13.5 Å². The first kappa shape index (κ1) is 19.7. The van der Waals surface area contributed by atoms with Crippen LogP contribution in [-0.2, 0) is 6.54 Å². The third-order valence-corrected chi connectivity index (χ3v) is 3.91. The lowest BCUT2D eigenvalue weighted by Gasteiger charge is -2.17. The van der Waals surface area contributed by atoms with Gasteiger partial charge in [-0.25, -0.2) is 0 Å². The van der Waals surface area contributed by atoms with E-state index in [1.165, 1.54) is 0 Å². The molecular weight excluding hydrogens is 352 g/mol. The minimum absolute atomic E-state index is 0.464. The molecule has 0 atom stereocenters. The molecule has 0 saturated heterocycles. The van der Waals surface area contributed by atoms with Crippen LogP contribution in [-0.4, -0.2) is 33.0 Å². The van der Waals surface area contributed by atoms with E-state index in [-0.39, 0.29) is 0 Å². The molecule has 2 aromatic carbocycles. The van der Waals surface area contributed by atoms with Gasteiger partial charge in [-0.1, -0.05) is 12.1 Å². The fraction of sp³-hybridized carbons (Fsp3) is 0.316. The van der Waals surface area contributed by atoms with Gasteiger partial charge in [-0.2, -0.15) is 0 Å². The lowest BCUT2D eigenvalue weighted by atomic mass is 10.1. The van der Waals surface area contributed by atoms with Crippen LogP contribution in [0.1, 0.15) is 12.5 Å². The predicted octanol–water partition coefficient (Wildman–Crippen LogP) is 3.60. The van der Waals surface area contributed by atoms with Gasteiger partial charge in [0.25, 0.3) is 0 Å². The lowest BCUT2D eigenvalue weighted by molar-refractivity contribution is 0.322. The van der Waals surface area contributed by atoms with E-state index < -0.39 is 0 Å². The summed E-state index contributed by atoms with van der Waals surface area (Å²) in [5, 5.41) is 6.80. The summed E-state index contributed by atoms with van der Waals surface area (Å²) in [5.41, 5.74) is 1.71. The molecule has 0 spiro atoms. The number of benzene rings is 2. The number of methoxy groups -OCH3 is 3. The molecule has 140 valence electrons. The average Bonchev–Trinajstić information content (AvgIpc) is 2.67. The third-order valence-electron chi connectivity index (χ3n) is 3.66. The molecule has 7 heteroatoms. The van der Waals surface area contributed by atoms with Crippen molar-refractivity contribution < 1.29 is 18.9 Å². The summed E-state index contributed by atoms with van der Waals surface area (Å²) >= 11 is 5.39. The molecule has 2 aromatic rings. The molecule has 0 unspecified atom stereocenters. The molecule has 0 heterocycles. The van der Waals surface area contributed by atoms with Crippen LogP contribution in [0.4, 0.5) is 5.69 Å². The fourth-order valence-corrected chi connectivity index (χ4v) is 2.68. The van der Waals surface area contributed by atoms with Crippen molar-refractivity contribution in [1.29, 1.82) is 0 Å². The SMILES string of the molecule is CCOc1ccccc1NC(=S)NCc1ccc(OC)c(OC)c1OC. The highest BCUT2D eigenvalue weighted by atomic mass is 32.1. The highest BCUT2D eigenvalue weighted by molar-refractivity contribution is 7.80. The second kappa shape index (κ2) is 9.72. The molecular formula is C19H24N2O4S. The van der Waals surface area contributed by atoms with E-state index in [0.29, 0.717) is 35.5 Å². The van der Waals surface area contributed by atoms with Gasteiger partial charge in [0, 0.05) is 12.1 Å². The topological polar surface area (TPSA) is 61.0 Å². The van der Waals surface area contributed by atoms with Crippen molar-refractivity contribution in [3.8, 4) is 23.0 Å². The minimum Gasteiger partial charge on any atom is -0.493 e. The molecule has 2 rings (SSSR count). The molecule has 0 aliphatic rings.